The standard InChI is InChI=1S/C17H18Br2N4/c1-21-5-7-22(8-6-21)17-16-3-2-4-23(16)11-12-9-13(18)14(19)10-15(12)20-17/h2-4,9-10H,5-8,11H2,1H3. The summed E-state index contributed by atoms with van der Waals surface area (Å²) in [4.78, 5) is 9.84. The first kappa shape index (κ1) is 15.4. The zero-order valence-electron chi connectivity index (χ0n) is 13.0. The van der Waals surface area contributed by atoms with Gasteiger partial charge in [-0.05, 0) is 68.7 Å². The van der Waals surface area contributed by atoms with Crippen LogP contribution in [0.25, 0.3) is 0 Å². The van der Waals surface area contributed by atoms with Gasteiger partial charge in [-0.3, -0.25) is 0 Å². The number of aliphatic imine (C=N–C) groups is 1. The monoisotopic (exact) mass is 436 g/mol. The molecule has 0 saturated carbocycles. The van der Waals surface area contributed by atoms with E-state index in [4.69, 9.17) is 4.99 Å². The third-order valence-corrected chi connectivity index (χ3v) is 6.39. The second kappa shape index (κ2) is 6.07. The molecule has 4 nitrogen and oxygen atoms in total. The van der Waals surface area contributed by atoms with Crippen molar-refractivity contribution in [2.75, 3.05) is 33.2 Å². The van der Waals surface area contributed by atoms with Crippen molar-refractivity contribution in [3.05, 3.63) is 50.7 Å². The molecule has 2 aromatic rings. The summed E-state index contributed by atoms with van der Waals surface area (Å²) in [6.45, 7) is 5.05. The summed E-state index contributed by atoms with van der Waals surface area (Å²) in [6.07, 6.45) is 2.14. The minimum atomic E-state index is 0.851. The third-order valence-electron chi connectivity index (χ3n) is 4.55. The van der Waals surface area contributed by atoms with Gasteiger partial charge in [0.25, 0.3) is 0 Å². The van der Waals surface area contributed by atoms with Gasteiger partial charge in [-0.1, -0.05) is 0 Å². The molecule has 0 bridgehead atoms. The lowest BCUT2D eigenvalue weighted by atomic mass is 10.2. The highest BCUT2D eigenvalue weighted by Crippen LogP contribution is 2.34. The molecule has 1 aromatic heterocycles. The first-order valence-electron chi connectivity index (χ1n) is 7.77. The highest BCUT2D eigenvalue weighted by Gasteiger charge is 2.24. The van der Waals surface area contributed by atoms with Gasteiger partial charge in [-0.25, -0.2) is 4.99 Å². The van der Waals surface area contributed by atoms with E-state index in [-0.39, 0.29) is 0 Å². The Bertz CT molecular complexity index is 773. The summed E-state index contributed by atoms with van der Waals surface area (Å²) in [6, 6.07) is 8.56. The van der Waals surface area contributed by atoms with Gasteiger partial charge in [0.05, 0.1) is 11.4 Å². The van der Waals surface area contributed by atoms with Crippen LogP contribution in [0.4, 0.5) is 5.69 Å². The van der Waals surface area contributed by atoms with E-state index in [1.165, 1.54) is 11.3 Å². The van der Waals surface area contributed by atoms with Gasteiger partial charge in [0.1, 0.15) is 0 Å². The Morgan fingerprint density at radius 2 is 1.78 bits per heavy atom. The van der Waals surface area contributed by atoms with Gasteiger partial charge < -0.3 is 14.4 Å². The lowest BCUT2D eigenvalue weighted by Crippen LogP contribution is -2.47. The fraction of sp³-hybridized carbons (Fsp3) is 0.353. The van der Waals surface area contributed by atoms with Crippen molar-refractivity contribution >= 4 is 43.4 Å². The predicted octanol–water partition coefficient (Wildman–Crippen LogP) is 3.70. The Hall–Kier alpha value is -1.11. The molecule has 0 radical (unpaired) electrons. The summed E-state index contributed by atoms with van der Waals surface area (Å²) >= 11 is 7.21. The van der Waals surface area contributed by atoms with E-state index in [9.17, 15) is 0 Å². The summed E-state index contributed by atoms with van der Waals surface area (Å²) < 4.78 is 4.41. The van der Waals surface area contributed by atoms with Crippen molar-refractivity contribution < 1.29 is 0 Å². The zero-order valence-corrected chi connectivity index (χ0v) is 16.1. The van der Waals surface area contributed by atoms with E-state index in [1.54, 1.807) is 0 Å². The largest absolute Gasteiger partial charge is 0.352 e. The van der Waals surface area contributed by atoms with E-state index >= 15 is 0 Å². The molecule has 3 heterocycles. The molecule has 0 N–H and O–H groups in total. The first-order chi connectivity index (χ1) is 11.1. The van der Waals surface area contributed by atoms with Crippen LogP contribution in [0.5, 0.6) is 0 Å². The molecule has 0 atom stereocenters. The number of hydrogen-bond acceptors (Lipinski definition) is 3. The van der Waals surface area contributed by atoms with Crippen molar-refractivity contribution in [1.29, 1.82) is 0 Å². The average Bonchev–Trinajstić information content (AvgIpc) is 2.93. The number of fused-ring (bicyclic) bond motifs is 2. The Balaban J connectivity index is 1.82. The van der Waals surface area contributed by atoms with E-state index < -0.39 is 0 Å². The Labute approximate surface area is 153 Å². The summed E-state index contributed by atoms with van der Waals surface area (Å²) in [5.41, 5.74) is 3.50. The van der Waals surface area contributed by atoms with Crippen LogP contribution in [0.1, 0.15) is 11.3 Å². The minimum Gasteiger partial charge on any atom is -0.352 e. The Morgan fingerprint density at radius 1 is 1.04 bits per heavy atom. The number of benzene rings is 1. The fourth-order valence-electron chi connectivity index (χ4n) is 3.17. The molecule has 23 heavy (non-hydrogen) atoms. The number of amidine groups is 1. The van der Waals surface area contributed by atoms with Crippen LogP contribution >= 0.6 is 31.9 Å². The van der Waals surface area contributed by atoms with Crippen LogP contribution in [0.3, 0.4) is 0 Å². The highest BCUT2D eigenvalue weighted by molar-refractivity contribution is 9.13. The molecule has 0 aliphatic carbocycles. The number of piperazine rings is 1. The second-order valence-electron chi connectivity index (χ2n) is 6.14. The van der Waals surface area contributed by atoms with Crippen LogP contribution in [-0.2, 0) is 6.54 Å². The maximum Gasteiger partial charge on any atom is 0.153 e. The number of hydrogen-bond donors (Lipinski definition) is 0. The van der Waals surface area contributed by atoms with E-state index in [0.717, 1.165) is 53.2 Å². The Morgan fingerprint density at radius 3 is 2.57 bits per heavy atom. The van der Waals surface area contributed by atoms with Crippen molar-refractivity contribution in [2.45, 2.75) is 6.54 Å². The molecule has 120 valence electrons. The van der Waals surface area contributed by atoms with Gasteiger partial charge in [-0.15, -0.1) is 0 Å². The fourth-order valence-corrected chi connectivity index (χ4v) is 3.89. The molecule has 1 aromatic carbocycles. The number of rotatable bonds is 0. The zero-order chi connectivity index (χ0) is 16.0. The quantitative estimate of drug-likeness (QED) is 0.627. The molecule has 6 heteroatoms. The first-order valence-corrected chi connectivity index (χ1v) is 9.36. The molecule has 0 unspecified atom stereocenters. The second-order valence-corrected chi connectivity index (χ2v) is 7.85. The van der Waals surface area contributed by atoms with Crippen LogP contribution in [0.2, 0.25) is 0 Å². The van der Waals surface area contributed by atoms with Crippen molar-refractivity contribution in [3.8, 4) is 0 Å². The predicted molar refractivity (Wildman–Crippen MR) is 101 cm³/mol. The topological polar surface area (TPSA) is 23.8 Å². The maximum atomic E-state index is 5.06. The lowest BCUT2D eigenvalue weighted by Gasteiger charge is -2.34. The molecule has 0 amide bonds. The van der Waals surface area contributed by atoms with Crippen molar-refractivity contribution in [2.24, 2.45) is 4.99 Å². The number of aromatic nitrogens is 1. The smallest absolute Gasteiger partial charge is 0.153 e. The van der Waals surface area contributed by atoms with Crippen LogP contribution in [-0.4, -0.2) is 53.4 Å². The molecule has 1 saturated heterocycles. The highest BCUT2D eigenvalue weighted by atomic mass is 79.9. The Kier molecular flexibility index (Phi) is 4.07. The summed E-state index contributed by atoms with van der Waals surface area (Å²) in [5.74, 6) is 1.09. The third kappa shape index (κ3) is 2.88. The van der Waals surface area contributed by atoms with Gasteiger partial charge in [0.15, 0.2) is 5.84 Å². The molecule has 0 spiro atoms. The summed E-state index contributed by atoms with van der Waals surface area (Å²) in [5, 5.41) is 0. The van der Waals surface area contributed by atoms with Crippen LogP contribution in [0.15, 0.2) is 44.4 Å². The van der Waals surface area contributed by atoms with Gasteiger partial charge in [0.2, 0.25) is 0 Å². The van der Waals surface area contributed by atoms with Crippen LogP contribution in [0, 0.1) is 0 Å². The molecular weight excluding hydrogens is 420 g/mol. The van der Waals surface area contributed by atoms with Gasteiger partial charge >= 0.3 is 0 Å². The lowest BCUT2D eigenvalue weighted by molar-refractivity contribution is 0.215. The number of nitrogens with zero attached hydrogens (tertiary/aromatic N) is 4. The summed E-state index contributed by atoms with van der Waals surface area (Å²) in [7, 11) is 2.18. The SMILES string of the molecule is CN1CCN(C2=Nc3cc(Br)c(Br)cc3Cn3cccc32)CC1. The number of likely N-dealkylation sites (N-methyl/N-ethyl adjacent to an activating group) is 1. The molecule has 2 aliphatic heterocycles. The van der Waals surface area contributed by atoms with Crippen molar-refractivity contribution in [1.82, 2.24) is 14.4 Å². The van der Waals surface area contributed by atoms with Crippen LogP contribution < -0.4 is 0 Å². The van der Waals surface area contributed by atoms with Crippen molar-refractivity contribution in [3.63, 3.8) is 0 Å². The maximum absolute atomic E-state index is 5.06. The van der Waals surface area contributed by atoms with Gasteiger partial charge in [0, 0.05) is 47.9 Å². The average molecular weight is 438 g/mol. The van der Waals surface area contributed by atoms with E-state index in [2.05, 4.69) is 83.7 Å². The van der Waals surface area contributed by atoms with Gasteiger partial charge in [-0.2, -0.15) is 0 Å². The molecule has 2 aliphatic rings. The number of halogens is 2. The molecule has 1 fully saturated rings. The molecular formula is C17H18Br2N4. The normalized spacial score (nSPS) is 18.2. The molecule has 4 rings (SSSR count). The van der Waals surface area contributed by atoms with E-state index in [1.807, 2.05) is 0 Å². The minimum absolute atomic E-state index is 0.851. The van der Waals surface area contributed by atoms with E-state index in [0.29, 0.717) is 0 Å².